The number of anilines is 1. The molecule has 0 saturated heterocycles. The number of hydrogen-bond donors (Lipinski definition) is 1. The highest BCUT2D eigenvalue weighted by Crippen LogP contribution is 2.66. The van der Waals surface area contributed by atoms with Gasteiger partial charge < -0.3 is 5.32 Å². The Bertz CT molecular complexity index is 1020. The second kappa shape index (κ2) is 6.90. The van der Waals surface area contributed by atoms with Gasteiger partial charge in [-0.1, -0.05) is 32.5 Å². The number of amides is 1. The quantitative estimate of drug-likeness (QED) is 0.585. The smallest absolute Gasteiger partial charge is 0.221 e. The number of fused-ring (bicyclic) bond motifs is 5. The van der Waals surface area contributed by atoms with E-state index in [1.54, 1.807) is 18.2 Å². The van der Waals surface area contributed by atoms with Gasteiger partial charge in [0, 0.05) is 29.5 Å². The van der Waals surface area contributed by atoms with Crippen LogP contribution in [0.1, 0.15) is 73.8 Å². The van der Waals surface area contributed by atoms with Crippen molar-refractivity contribution >= 4 is 29.1 Å². The first-order valence-electron chi connectivity index (χ1n) is 9.93. The molecular formula is C22H26N4O2S. The summed E-state index contributed by atoms with van der Waals surface area (Å²) >= 11 is 1.33. The third kappa shape index (κ3) is 3.16. The van der Waals surface area contributed by atoms with Crippen LogP contribution in [-0.4, -0.2) is 32.6 Å². The predicted molar refractivity (Wildman–Crippen MR) is 113 cm³/mol. The average Bonchev–Trinajstić information content (AvgIpc) is 2.99. The van der Waals surface area contributed by atoms with Gasteiger partial charge in [0.15, 0.2) is 5.78 Å². The van der Waals surface area contributed by atoms with Crippen LogP contribution in [0.2, 0.25) is 0 Å². The molecule has 0 unspecified atom stereocenters. The Hall–Kier alpha value is -2.28. The average molecular weight is 411 g/mol. The number of nitrogens with zero attached hydrogens (tertiary/aromatic N) is 3. The lowest BCUT2D eigenvalue weighted by molar-refractivity contribution is -0.114. The molecule has 2 bridgehead atoms. The minimum atomic E-state index is -0.130. The van der Waals surface area contributed by atoms with E-state index >= 15 is 0 Å². The van der Waals surface area contributed by atoms with Gasteiger partial charge in [0.1, 0.15) is 0 Å². The molecule has 2 atom stereocenters. The minimum Gasteiger partial charge on any atom is -0.326 e. The van der Waals surface area contributed by atoms with Crippen molar-refractivity contribution in [2.75, 3.05) is 11.1 Å². The Kier molecular flexibility index (Phi) is 4.76. The van der Waals surface area contributed by atoms with E-state index in [1.807, 2.05) is 6.92 Å². The van der Waals surface area contributed by atoms with Gasteiger partial charge in [0.05, 0.1) is 17.1 Å². The van der Waals surface area contributed by atoms with Crippen LogP contribution in [0.3, 0.4) is 0 Å². The van der Waals surface area contributed by atoms with Crippen molar-refractivity contribution in [3.63, 3.8) is 0 Å². The monoisotopic (exact) mass is 410 g/mol. The maximum absolute atomic E-state index is 12.6. The number of thioether (sulfide) groups is 1. The number of hydrogen-bond acceptors (Lipinski definition) is 6. The molecule has 29 heavy (non-hydrogen) atoms. The summed E-state index contributed by atoms with van der Waals surface area (Å²) in [5.74, 6) is 0.551. The lowest BCUT2D eigenvalue weighted by Gasteiger charge is -2.33. The van der Waals surface area contributed by atoms with Crippen LogP contribution in [0.4, 0.5) is 5.69 Å². The Morgan fingerprint density at radius 2 is 2.00 bits per heavy atom. The van der Waals surface area contributed by atoms with E-state index in [0.29, 0.717) is 16.6 Å². The first kappa shape index (κ1) is 20.0. The van der Waals surface area contributed by atoms with E-state index < -0.39 is 0 Å². The highest BCUT2D eigenvalue weighted by atomic mass is 32.2. The summed E-state index contributed by atoms with van der Waals surface area (Å²) in [4.78, 5) is 28.7. The van der Waals surface area contributed by atoms with Crippen molar-refractivity contribution in [1.29, 1.82) is 0 Å². The summed E-state index contributed by atoms with van der Waals surface area (Å²) in [6.07, 6.45) is 2.27. The zero-order valence-corrected chi connectivity index (χ0v) is 18.3. The maximum Gasteiger partial charge on any atom is 0.221 e. The zero-order valence-electron chi connectivity index (χ0n) is 17.5. The molecule has 0 spiro atoms. The summed E-state index contributed by atoms with van der Waals surface area (Å²) in [5, 5.41) is 12.1. The Morgan fingerprint density at radius 1 is 1.24 bits per heavy atom. The second-order valence-electron chi connectivity index (χ2n) is 8.90. The molecule has 1 N–H and O–H groups in total. The van der Waals surface area contributed by atoms with Crippen LogP contribution in [0, 0.1) is 12.3 Å². The van der Waals surface area contributed by atoms with Gasteiger partial charge >= 0.3 is 0 Å². The number of Topliss-reactive ketones (excluding diaryl/α,β-unsaturated/α-hetero) is 1. The van der Waals surface area contributed by atoms with Crippen molar-refractivity contribution in [2.24, 2.45) is 5.41 Å². The topological polar surface area (TPSA) is 84.8 Å². The largest absolute Gasteiger partial charge is 0.326 e. The molecule has 1 amide bonds. The normalized spacial score (nSPS) is 23.7. The summed E-state index contributed by atoms with van der Waals surface area (Å²) in [5.41, 5.74) is 4.48. The van der Waals surface area contributed by atoms with Gasteiger partial charge in [-0.25, -0.2) is 4.98 Å². The second-order valence-corrected chi connectivity index (χ2v) is 9.84. The fourth-order valence-corrected chi connectivity index (χ4v) is 5.49. The number of ketones is 1. The maximum atomic E-state index is 12.6. The number of rotatable bonds is 5. The van der Waals surface area contributed by atoms with Gasteiger partial charge in [-0.3, -0.25) is 9.59 Å². The summed E-state index contributed by atoms with van der Waals surface area (Å²) in [7, 11) is 0. The van der Waals surface area contributed by atoms with E-state index in [2.05, 4.69) is 36.3 Å². The fraction of sp³-hybridized carbons (Fsp3) is 0.500. The third-order valence-electron chi connectivity index (χ3n) is 6.96. The van der Waals surface area contributed by atoms with Gasteiger partial charge in [0.2, 0.25) is 11.1 Å². The highest BCUT2D eigenvalue weighted by Gasteiger charge is 2.61. The number of carbonyl (C=O) groups excluding carboxylic acids is 2. The molecule has 2 aliphatic carbocycles. The third-order valence-corrected chi connectivity index (χ3v) is 7.80. The van der Waals surface area contributed by atoms with Crippen molar-refractivity contribution in [3.8, 4) is 0 Å². The molecule has 1 fully saturated rings. The molecule has 6 nitrogen and oxygen atoms in total. The van der Waals surface area contributed by atoms with Gasteiger partial charge in [-0.2, -0.15) is 5.10 Å². The van der Waals surface area contributed by atoms with Crippen LogP contribution < -0.4 is 5.32 Å². The molecular weight excluding hydrogens is 384 g/mol. The number of nitrogens with one attached hydrogen (secondary N) is 1. The number of carbonyl (C=O) groups is 2. The van der Waals surface area contributed by atoms with Gasteiger partial charge in [0.25, 0.3) is 0 Å². The molecule has 0 radical (unpaired) electrons. The molecule has 1 saturated carbocycles. The van der Waals surface area contributed by atoms with Crippen molar-refractivity contribution in [2.45, 2.75) is 63.9 Å². The summed E-state index contributed by atoms with van der Waals surface area (Å²) < 4.78 is 0. The molecule has 152 valence electrons. The number of aromatic nitrogens is 3. The molecule has 7 heteroatoms. The Morgan fingerprint density at radius 3 is 2.69 bits per heavy atom. The fourth-order valence-electron chi connectivity index (χ4n) is 4.80. The lowest BCUT2D eigenvalue weighted by Crippen LogP contribution is -2.32. The summed E-state index contributed by atoms with van der Waals surface area (Å²) in [6.45, 7) is 10.2. The SMILES string of the molecule is CC(=O)Nc1ccc(C(=O)CSc2nnc3c(n2)[C@@]2(C)CC[C@@H]3C2(C)C)cc1C. The molecule has 0 aliphatic heterocycles. The van der Waals surface area contributed by atoms with E-state index in [9.17, 15) is 9.59 Å². The minimum absolute atomic E-state index is 0.00429. The lowest BCUT2D eigenvalue weighted by atomic mass is 9.70. The first-order valence-corrected chi connectivity index (χ1v) is 10.9. The van der Waals surface area contributed by atoms with E-state index in [4.69, 9.17) is 4.98 Å². The van der Waals surface area contributed by atoms with Crippen LogP contribution in [0.5, 0.6) is 0 Å². The first-order chi connectivity index (χ1) is 13.6. The predicted octanol–water partition coefficient (Wildman–Crippen LogP) is 4.29. The number of benzene rings is 1. The summed E-state index contributed by atoms with van der Waals surface area (Å²) in [6, 6.07) is 5.31. The van der Waals surface area contributed by atoms with E-state index in [1.165, 1.54) is 18.7 Å². The number of aryl methyl sites for hydroxylation is 1. The van der Waals surface area contributed by atoms with Crippen LogP contribution >= 0.6 is 11.8 Å². The van der Waals surface area contributed by atoms with Crippen LogP contribution in [0.15, 0.2) is 23.4 Å². The van der Waals surface area contributed by atoms with Crippen molar-refractivity contribution in [1.82, 2.24) is 15.2 Å². The molecule has 1 heterocycles. The Balaban J connectivity index is 1.48. The molecule has 1 aromatic heterocycles. The van der Waals surface area contributed by atoms with Crippen LogP contribution in [-0.2, 0) is 10.2 Å². The Labute approximate surface area is 175 Å². The van der Waals surface area contributed by atoms with E-state index in [-0.39, 0.29) is 28.3 Å². The van der Waals surface area contributed by atoms with E-state index in [0.717, 1.165) is 35.5 Å². The highest BCUT2D eigenvalue weighted by molar-refractivity contribution is 7.99. The molecule has 2 aromatic rings. The molecule has 4 rings (SSSR count). The van der Waals surface area contributed by atoms with Crippen LogP contribution in [0.25, 0.3) is 0 Å². The van der Waals surface area contributed by atoms with Crippen molar-refractivity contribution in [3.05, 3.63) is 40.7 Å². The molecule has 1 aromatic carbocycles. The van der Waals surface area contributed by atoms with Gasteiger partial charge in [-0.15, -0.1) is 5.10 Å². The zero-order chi connectivity index (χ0) is 21.0. The standard InChI is InChI=1S/C22H26N4O2S/c1-12-10-14(6-7-16(12)23-13(2)27)17(28)11-29-20-24-19-18(25-26-20)15-8-9-22(19,5)21(15,3)4/h6-7,10,15H,8-9,11H2,1-5H3,(H,23,27)/t15-,22+/m0/s1. The van der Waals surface area contributed by atoms with Crippen molar-refractivity contribution < 1.29 is 9.59 Å². The molecule has 2 aliphatic rings. The van der Waals surface area contributed by atoms with Gasteiger partial charge in [-0.05, 0) is 48.9 Å².